The largest absolute Gasteiger partial charge is 0.494 e. The maximum atomic E-state index is 6.53. The molecule has 0 spiro atoms. The third-order valence-electron chi connectivity index (χ3n) is 6.31. The van der Waals surface area contributed by atoms with Crippen LogP contribution >= 0.6 is 15.9 Å². The zero-order valence-electron chi connectivity index (χ0n) is 19.5. The lowest BCUT2D eigenvalue weighted by molar-refractivity contribution is -0.0191. The molecule has 3 aromatic carbocycles. The fraction of sp³-hybridized carbons (Fsp3) is 0.321. The van der Waals surface area contributed by atoms with Crippen LogP contribution in [0.4, 0.5) is 0 Å². The number of benzene rings is 3. The van der Waals surface area contributed by atoms with Gasteiger partial charge in [0.2, 0.25) is 6.23 Å². The van der Waals surface area contributed by atoms with Crippen LogP contribution in [0.2, 0.25) is 0 Å². The van der Waals surface area contributed by atoms with Crippen molar-refractivity contribution in [3.8, 4) is 11.5 Å². The Hall–Kier alpha value is -2.79. The van der Waals surface area contributed by atoms with Crippen molar-refractivity contribution in [2.75, 3.05) is 6.61 Å². The van der Waals surface area contributed by atoms with Crippen LogP contribution in [-0.4, -0.2) is 17.3 Å². The number of hydrogen-bond acceptors (Lipinski definition) is 4. The van der Waals surface area contributed by atoms with Crippen LogP contribution in [0.1, 0.15) is 68.6 Å². The monoisotopic (exact) mass is 504 g/mol. The molecular weight excluding hydrogens is 476 g/mol. The zero-order chi connectivity index (χ0) is 23.2. The van der Waals surface area contributed by atoms with Crippen LogP contribution in [0, 0.1) is 0 Å². The summed E-state index contributed by atoms with van der Waals surface area (Å²) in [6.07, 6.45) is 0.565. The summed E-state index contributed by atoms with van der Waals surface area (Å²) in [7, 11) is 0. The minimum Gasteiger partial charge on any atom is -0.494 e. The van der Waals surface area contributed by atoms with Gasteiger partial charge < -0.3 is 9.47 Å². The number of hydrogen-bond donors (Lipinski definition) is 0. The molecule has 0 N–H and O–H groups in total. The van der Waals surface area contributed by atoms with E-state index in [1.807, 2.05) is 25.1 Å². The van der Waals surface area contributed by atoms with Crippen LogP contribution in [0.25, 0.3) is 0 Å². The highest BCUT2D eigenvalue weighted by Gasteiger charge is 2.41. The first-order chi connectivity index (χ1) is 15.8. The van der Waals surface area contributed by atoms with Gasteiger partial charge in [-0.25, -0.2) is 5.01 Å². The Kier molecular flexibility index (Phi) is 5.69. The van der Waals surface area contributed by atoms with Crippen molar-refractivity contribution in [2.45, 2.75) is 51.8 Å². The highest BCUT2D eigenvalue weighted by atomic mass is 79.9. The lowest BCUT2D eigenvalue weighted by Gasteiger charge is -2.38. The van der Waals surface area contributed by atoms with Crippen molar-refractivity contribution in [3.63, 3.8) is 0 Å². The first-order valence-corrected chi connectivity index (χ1v) is 12.3. The molecule has 170 valence electrons. The van der Waals surface area contributed by atoms with E-state index in [1.54, 1.807) is 0 Å². The lowest BCUT2D eigenvalue weighted by Crippen LogP contribution is -2.33. The summed E-state index contributed by atoms with van der Waals surface area (Å²) in [4.78, 5) is 0. The van der Waals surface area contributed by atoms with Gasteiger partial charge in [-0.2, -0.15) is 5.10 Å². The van der Waals surface area contributed by atoms with Gasteiger partial charge in [0.25, 0.3) is 0 Å². The van der Waals surface area contributed by atoms with Gasteiger partial charge in [0.05, 0.1) is 18.4 Å². The molecule has 0 fully saturated rings. The molecule has 0 radical (unpaired) electrons. The van der Waals surface area contributed by atoms with Crippen molar-refractivity contribution in [3.05, 3.63) is 93.5 Å². The second kappa shape index (κ2) is 8.53. The number of fused-ring (bicyclic) bond motifs is 3. The van der Waals surface area contributed by atoms with Gasteiger partial charge >= 0.3 is 0 Å². The average Bonchev–Trinajstić information content (AvgIpc) is 3.25. The molecule has 2 heterocycles. The second-order valence-corrected chi connectivity index (χ2v) is 10.5. The summed E-state index contributed by atoms with van der Waals surface area (Å²) in [5.41, 5.74) is 5.87. The standard InChI is InChI=1S/C28H29BrN2O2/c1-5-32-22-13-8-18(9-14-22)24-17-25-23-16-21(29)12-15-26(23)33-27(31(25)30-24)19-6-10-20(11-7-19)28(2,3)4/h6-16,25,27H,5,17H2,1-4H3/t25-,27-/m0/s1. The van der Waals surface area contributed by atoms with E-state index in [9.17, 15) is 0 Å². The van der Waals surface area contributed by atoms with Gasteiger partial charge in [-0.05, 0) is 65.9 Å². The predicted octanol–water partition coefficient (Wildman–Crippen LogP) is 7.39. The zero-order valence-corrected chi connectivity index (χ0v) is 21.1. The van der Waals surface area contributed by atoms with E-state index in [0.717, 1.165) is 44.8 Å². The topological polar surface area (TPSA) is 34.1 Å². The summed E-state index contributed by atoms with van der Waals surface area (Å²) in [5.74, 6) is 1.81. The lowest BCUT2D eigenvalue weighted by atomic mass is 9.86. The van der Waals surface area contributed by atoms with E-state index in [4.69, 9.17) is 14.6 Å². The summed E-state index contributed by atoms with van der Waals surface area (Å²) in [5, 5.41) is 7.21. The van der Waals surface area contributed by atoms with Gasteiger partial charge in [0.15, 0.2) is 0 Å². The number of nitrogens with zero attached hydrogens (tertiary/aromatic N) is 2. The maximum absolute atomic E-state index is 6.53. The third kappa shape index (κ3) is 4.26. The van der Waals surface area contributed by atoms with Crippen LogP contribution < -0.4 is 9.47 Å². The van der Waals surface area contributed by atoms with E-state index in [2.05, 4.69) is 90.2 Å². The van der Waals surface area contributed by atoms with Gasteiger partial charge in [-0.3, -0.25) is 0 Å². The molecule has 0 unspecified atom stereocenters. The quantitative estimate of drug-likeness (QED) is 0.371. The molecule has 4 nitrogen and oxygen atoms in total. The summed E-state index contributed by atoms with van der Waals surface area (Å²) < 4.78 is 13.2. The van der Waals surface area contributed by atoms with E-state index < -0.39 is 0 Å². The molecule has 0 bridgehead atoms. The molecule has 2 aliphatic heterocycles. The Morgan fingerprint density at radius 1 is 1.03 bits per heavy atom. The molecule has 0 aliphatic carbocycles. The number of ether oxygens (including phenoxy) is 2. The molecular formula is C28H29BrN2O2. The average molecular weight is 505 g/mol. The van der Waals surface area contributed by atoms with Gasteiger partial charge in [-0.15, -0.1) is 0 Å². The van der Waals surface area contributed by atoms with Crippen molar-refractivity contribution < 1.29 is 9.47 Å². The van der Waals surface area contributed by atoms with Gasteiger partial charge in [0.1, 0.15) is 11.5 Å². The Morgan fingerprint density at radius 2 is 1.76 bits per heavy atom. The molecule has 0 saturated heterocycles. The van der Waals surface area contributed by atoms with E-state index in [1.165, 1.54) is 5.56 Å². The first kappa shape index (κ1) is 22.0. The van der Waals surface area contributed by atoms with Crippen molar-refractivity contribution in [2.24, 2.45) is 5.10 Å². The Labute approximate surface area is 204 Å². The molecule has 0 amide bonds. The minimum absolute atomic E-state index is 0.111. The van der Waals surface area contributed by atoms with E-state index >= 15 is 0 Å². The van der Waals surface area contributed by atoms with Crippen LogP contribution in [0.5, 0.6) is 11.5 Å². The van der Waals surface area contributed by atoms with Crippen molar-refractivity contribution in [1.29, 1.82) is 0 Å². The number of hydrazone groups is 1. The normalized spacial score (nSPS) is 19.4. The smallest absolute Gasteiger partial charge is 0.213 e. The van der Waals surface area contributed by atoms with E-state index in [0.29, 0.717) is 6.61 Å². The summed E-state index contributed by atoms with van der Waals surface area (Å²) in [6, 6.07) is 23.4. The second-order valence-electron chi connectivity index (χ2n) is 9.63. The molecule has 0 saturated carbocycles. The third-order valence-corrected chi connectivity index (χ3v) is 6.81. The highest BCUT2D eigenvalue weighted by molar-refractivity contribution is 9.10. The summed E-state index contributed by atoms with van der Waals surface area (Å²) >= 11 is 3.63. The molecule has 5 heteroatoms. The Bertz CT molecular complexity index is 1180. The first-order valence-electron chi connectivity index (χ1n) is 11.5. The highest BCUT2D eigenvalue weighted by Crippen LogP contribution is 2.48. The molecule has 2 aliphatic rings. The van der Waals surface area contributed by atoms with Crippen LogP contribution in [0.15, 0.2) is 76.3 Å². The van der Waals surface area contributed by atoms with Gasteiger partial charge in [-0.1, -0.05) is 61.0 Å². The van der Waals surface area contributed by atoms with Gasteiger partial charge in [0, 0.05) is 22.0 Å². The molecule has 2 atom stereocenters. The molecule has 3 aromatic rings. The Morgan fingerprint density at radius 3 is 2.42 bits per heavy atom. The SMILES string of the molecule is CCOc1ccc(C2=NN3[C@@H](C2)c2cc(Br)ccc2O[C@H]3c2ccc(C(C)(C)C)cc2)cc1. The van der Waals surface area contributed by atoms with Crippen LogP contribution in [0.3, 0.4) is 0 Å². The fourth-order valence-electron chi connectivity index (χ4n) is 4.51. The number of rotatable bonds is 4. The maximum Gasteiger partial charge on any atom is 0.213 e. The van der Waals surface area contributed by atoms with E-state index in [-0.39, 0.29) is 17.7 Å². The minimum atomic E-state index is -0.266. The number of halogens is 1. The van der Waals surface area contributed by atoms with Crippen LogP contribution in [-0.2, 0) is 5.41 Å². The molecule has 5 rings (SSSR count). The molecule has 33 heavy (non-hydrogen) atoms. The molecule has 0 aromatic heterocycles. The van der Waals surface area contributed by atoms with Crippen molar-refractivity contribution >= 4 is 21.6 Å². The summed E-state index contributed by atoms with van der Waals surface area (Å²) in [6.45, 7) is 9.36. The Balaban J connectivity index is 1.52. The predicted molar refractivity (Wildman–Crippen MR) is 136 cm³/mol. The fourth-order valence-corrected chi connectivity index (χ4v) is 4.89. The van der Waals surface area contributed by atoms with Crippen molar-refractivity contribution in [1.82, 2.24) is 5.01 Å².